The third kappa shape index (κ3) is 1.78. The van der Waals surface area contributed by atoms with E-state index in [9.17, 15) is 4.79 Å². The highest BCUT2D eigenvalue weighted by molar-refractivity contribution is 5.94. The number of carbonyl (C=O) groups excluding carboxylic acids is 1. The summed E-state index contributed by atoms with van der Waals surface area (Å²) in [4.78, 5) is 17.7. The molecular formula is C14H20N2O. The smallest absolute Gasteiger partial charge is 0.270 e. The van der Waals surface area contributed by atoms with Gasteiger partial charge in [0.1, 0.15) is 5.69 Å². The van der Waals surface area contributed by atoms with Crippen LogP contribution in [0, 0.1) is 25.7 Å². The maximum atomic E-state index is 12.4. The Balaban J connectivity index is 1.77. The van der Waals surface area contributed by atoms with Gasteiger partial charge in [-0.3, -0.25) is 4.79 Å². The standard InChI is InChI=1S/C14H20N2O/c1-9-6-10(2)15-13(9)14(17)16-7-11-4-3-5-12(11)8-16/h6,11-12,15H,3-5,7-8H2,1-2H3. The number of aromatic nitrogens is 1. The van der Waals surface area contributed by atoms with Gasteiger partial charge in [-0.15, -0.1) is 0 Å². The van der Waals surface area contributed by atoms with Crippen molar-refractivity contribution in [1.82, 2.24) is 9.88 Å². The largest absolute Gasteiger partial charge is 0.354 e. The van der Waals surface area contributed by atoms with Gasteiger partial charge in [-0.25, -0.2) is 0 Å². The summed E-state index contributed by atoms with van der Waals surface area (Å²) in [5, 5.41) is 0. The van der Waals surface area contributed by atoms with Crippen LogP contribution in [0.2, 0.25) is 0 Å². The van der Waals surface area contributed by atoms with Crippen LogP contribution in [-0.2, 0) is 0 Å². The molecule has 17 heavy (non-hydrogen) atoms. The molecule has 3 rings (SSSR count). The number of fused-ring (bicyclic) bond motifs is 1. The van der Waals surface area contributed by atoms with E-state index < -0.39 is 0 Å². The lowest BCUT2D eigenvalue weighted by molar-refractivity contribution is 0.0774. The summed E-state index contributed by atoms with van der Waals surface area (Å²) < 4.78 is 0. The van der Waals surface area contributed by atoms with Crippen LogP contribution in [-0.4, -0.2) is 28.9 Å². The fourth-order valence-electron chi connectivity index (χ4n) is 3.51. The van der Waals surface area contributed by atoms with Crippen LogP contribution in [0.15, 0.2) is 6.07 Å². The van der Waals surface area contributed by atoms with Crippen molar-refractivity contribution in [3.63, 3.8) is 0 Å². The fourth-order valence-corrected chi connectivity index (χ4v) is 3.51. The minimum absolute atomic E-state index is 0.199. The predicted molar refractivity (Wildman–Crippen MR) is 67.0 cm³/mol. The molecular weight excluding hydrogens is 212 g/mol. The second-order valence-corrected chi connectivity index (χ2v) is 5.67. The Kier molecular flexibility index (Phi) is 2.49. The molecule has 2 unspecified atom stereocenters. The SMILES string of the molecule is Cc1cc(C)c(C(=O)N2CC3CCCC3C2)[nH]1. The van der Waals surface area contributed by atoms with Crippen molar-refractivity contribution in [2.45, 2.75) is 33.1 Å². The highest BCUT2D eigenvalue weighted by Gasteiger charge is 2.38. The van der Waals surface area contributed by atoms with E-state index in [4.69, 9.17) is 0 Å². The monoisotopic (exact) mass is 232 g/mol. The van der Waals surface area contributed by atoms with Crippen LogP contribution in [0.5, 0.6) is 0 Å². The molecule has 0 bridgehead atoms. The van der Waals surface area contributed by atoms with E-state index in [1.165, 1.54) is 19.3 Å². The minimum Gasteiger partial charge on any atom is -0.354 e. The average molecular weight is 232 g/mol. The van der Waals surface area contributed by atoms with E-state index in [1.54, 1.807) is 0 Å². The number of hydrogen-bond acceptors (Lipinski definition) is 1. The molecule has 2 fully saturated rings. The quantitative estimate of drug-likeness (QED) is 0.793. The van der Waals surface area contributed by atoms with Gasteiger partial charge in [-0.2, -0.15) is 0 Å². The number of likely N-dealkylation sites (tertiary alicyclic amines) is 1. The molecule has 3 nitrogen and oxygen atoms in total. The van der Waals surface area contributed by atoms with Crippen molar-refractivity contribution in [3.05, 3.63) is 23.0 Å². The lowest BCUT2D eigenvalue weighted by atomic mass is 10.0. The van der Waals surface area contributed by atoms with Crippen LogP contribution in [0.25, 0.3) is 0 Å². The lowest BCUT2D eigenvalue weighted by Crippen LogP contribution is -2.30. The highest BCUT2D eigenvalue weighted by Crippen LogP contribution is 2.38. The summed E-state index contributed by atoms with van der Waals surface area (Å²) >= 11 is 0. The summed E-state index contributed by atoms with van der Waals surface area (Å²) in [5.74, 6) is 1.75. The zero-order chi connectivity index (χ0) is 12.0. The first kappa shape index (κ1) is 10.9. The second-order valence-electron chi connectivity index (χ2n) is 5.67. The highest BCUT2D eigenvalue weighted by atomic mass is 16.2. The zero-order valence-electron chi connectivity index (χ0n) is 10.6. The van der Waals surface area contributed by atoms with E-state index in [0.717, 1.165) is 41.9 Å². The maximum Gasteiger partial charge on any atom is 0.270 e. The molecule has 0 spiro atoms. The molecule has 1 amide bonds. The van der Waals surface area contributed by atoms with Crippen molar-refractivity contribution < 1.29 is 4.79 Å². The van der Waals surface area contributed by atoms with E-state index in [2.05, 4.69) is 4.98 Å². The third-order valence-electron chi connectivity index (χ3n) is 4.38. The molecule has 1 aliphatic carbocycles. The van der Waals surface area contributed by atoms with Crippen molar-refractivity contribution in [2.75, 3.05) is 13.1 Å². The normalized spacial score (nSPS) is 27.5. The van der Waals surface area contributed by atoms with E-state index in [0.29, 0.717) is 0 Å². The molecule has 1 aliphatic heterocycles. The Hall–Kier alpha value is -1.25. The number of nitrogens with zero attached hydrogens (tertiary/aromatic N) is 1. The van der Waals surface area contributed by atoms with Gasteiger partial charge in [0.25, 0.3) is 5.91 Å². The number of carbonyl (C=O) groups is 1. The fraction of sp³-hybridized carbons (Fsp3) is 0.643. The van der Waals surface area contributed by atoms with Gasteiger partial charge < -0.3 is 9.88 Å². The maximum absolute atomic E-state index is 12.4. The average Bonchev–Trinajstić information content (AvgIpc) is 2.90. The number of H-pyrrole nitrogens is 1. The van der Waals surface area contributed by atoms with Gasteiger partial charge in [-0.1, -0.05) is 6.42 Å². The van der Waals surface area contributed by atoms with Crippen LogP contribution in [0.1, 0.15) is 41.0 Å². The molecule has 1 aromatic rings. The molecule has 0 radical (unpaired) electrons. The van der Waals surface area contributed by atoms with Gasteiger partial charge in [0.05, 0.1) is 0 Å². The van der Waals surface area contributed by atoms with Crippen molar-refractivity contribution in [1.29, 1.82) is 0 Å². The third-order valence-corrected chi connectivity index (χ3v) is 4.38. The number of hydrogen-bond donors (Lipinski definition) is 1. The molecule has 1 aromatic heterocycles. The van der Waals surface area contributed by atoms with Gasteiger partial charge >= 0.3 is 0 Å². The molecule has 1 N–H and O–H groups in total. The lowest BCUT2D eigenvalue weighted by Gasteiger charge is -2.17. The summed E-state index contributed by atoms with van der Waals surface area (Å²) in [5.41, 5.74) is 2.94. The Bertz CT molecular complexity index is 437. The van der Waals surface area contributed by atoms with E-state index in [1.807, 2.05) is 24.8 Å². The molecule has 92 valence electrons. The Morgan fingerprint density at radius 2 is 1.94 bits per heavy atom. The van der Waals surface area contributed by atoms with Gasteiger partial charge in [0.15, 0.2) is 0 Å². The summed E-state index contributed by atoms with van der Waals surface area (Å²) in [6.07, 6.45) is 3.99. The molecule has 0 aromatic carbocycles. The molecule has 2 aliphatic rings. The molecule has 1 saturated heterocycles. The van der Waals surface area contributed by atoms with Crippen LogP contribution < -0.4 is 0 Å². The van der Waals surface area contributed by atoms with Gasteiger partial charge in [-0.05, 0) is 50.2 Å². The first-order valence-electron chi connectivity index (χ1n) is 6.60. The van der Waals surface area contributed by atoms with E-state index >= 15 is 0 Å². The molecule has 2 atom stereocenters. The zero-order valence-corrected chi connectivity index (χ0v) is 10.6. The summed E-state index contributed by atoms with van der Waals surface area (Å²) in [6, 6.07) is 2.05. The topological polar surface area (TPSA) is 36.1 Å². The first-order valence-corrected chi connectivity index (χ1v) is 6.60. The first-order chi connectivity index (χ1) is 8.15. The molecule has 2 heterocycles. The number of amides is 1. The second kappa shape index (κ2) is 3.90. The van der Waals surface area contributed by atoms with Crippen LogP contribution in [0.4, 0.5) is 0 Å². The number of aryl methyl sites for hydroxylation is 2. The number of aromatic amines is 1. The van der Waals surface area contributed by atoms with E-state index in [-0.39, 0.29) is 5.91 Å². The predicted octanol–water partition coefficient (Wildman–Crippen LogP) is 2.50. The van der Waals surface area contributed by atoms with Crippen molar-refractivity contribution >= 4 is 5.91 Å². The van der Waals surface area contributed by atoms with Gasteiger partial charge in [0, 0.05) is 18.8 Å². The van der Waals surface area contributed by atoms with Gasteiger partial charge in [0.2, 0.25) is 0 Å². The molecule has 3 heteroatoms. The Morgan fingerprint density at radius 1 is 1.29 bits per heavy atom. The van der Waals surface area contributed by atoms with Crippen LogP contribution in [0.3, 0.4) is 0 Å². The number of rotatable bonds is 1. The number of nitrogens with one attached hydrogen (secondary N) is 1. The van der Waals surface area contributed by atoms with Crippen molar-refractivity contribution in [2.24, 2.45) is 11.8 Å². The summed E-state index contributed by atoms with van der Waals surface area (Å²) in [6.45, 7) is 5.96. The van der Waals surface area contributed by atoms with Crippen LogP contribution >= 0.6 is 0 Å². The Labute approximate surface area is 102 Å². The van der Waals surface area contributed by atoms with Crippen molar-refractivity contribution in [3.8, 4) is 0 Å². The minimum atomic E-state index is 0.199. The Morgan fingerprint density at radius 3 is 2.47 bits per heavy atom. The summed E-state index contributed by atoms with van der Waals surface area (Å²) in [7, 11) is 0. The molecule has 1 saturated carbocycles.